The Morgan fingerprint density at radius 2 is 1.88 bits per heavy atom. The summed E-state index contributed by atoms with van der Waals surface area (Å²) < 4.78 is 24.0. The van der Waals surface area contributed by atoms with E-state index in [0.29, 0.717) is 6.61 Å². The molecule has 2 N–H and O–H groups in total. The molecule has 6 unspecified atom stereocenters. The normalized spacial score (nSPS) is 35.5. The van der Waals surface area contributed by atoms with Crippen molar-refractivity contribution in [1.82, 2.24) is 0 Å². The average Bonchev–Trinajstić information content (AvgIpc) is 2.73. The van der Waals surface area contributed by atoms with Gasteiger partial charge in [-0.2, -0.15) is 0 Å². The van der Waals surface area contributed by atoms with Crippen molar-refractivity contribution in [2.24, 2.45) is 0 Å². The van der Waals surface area contributed by atoms with Gasteiger partial charge in [-0.1, -0.05) is 48.6 Å². The molecule has 1 aliphatic carbocycles. The first kappa shape index (κ1) is 17.9. The molecule has 6 heteroatoms. The molecule has 0 aromatic heterocycles. The molecule has 0 bridgehead atoms. The standard InChI is InChI=1S/C20H24O6/c21-11-15(22)17-18-16(24-20(25-17)14-9-5-2-6-10-14)12-23-19(26-18)13-7-3-1-4-8-13/h1,3-5,7-10,15-22H,2,6,11-12H2. The number of benzene rings is 1. The molecule has 0 spiro atoms. The van der Waals surface area contributed by atoms with Crippen LogP contribution >= 0.6 is 0 Å². The molecule has 2 heterocycles. The fourth-order valence-electron chi connectivity index (χ4n) is 3.53. The molecule has 0 radical (unpaired) electrons. The molecular formula is C20H24O6. The minimum absolute atomic E-state index is 0.329. The molecule has 1 aromatic rings. The molecule has 1 aromatic carbocycles. The van der Waals surface area contributed by atoms with Crippen molar-refractivity contribution < 1.29 is 29.2 Å². The first-order valence-electron chi connectivity index (χ1n) is 9.04. The molecule has 2 aliphatic heterocycles. The Kier molecular flexibility index (Phi) is 5.49. The molecule has 0 saturated carbocycles. The maximum atomic E-state index is 10.3. The smallest absolute Gasteiger partial charge is 0.184 e. The van der Waals surface area contributed by atoms with Gasteiger partial charge in [0.15, 0.2) is 12.6 Å². The van der Waals surface area contributed by atoms with E-state index in [1.165, 1.54) is 0 Å². The second-order valence-electron chi connectivity index (χ2n) is 6.72. The predicted molar refractivity (Wildman–Crippen MR) is 93.1 cm³/mol. The second-order valence-corrected chi connectivity index (χ2v) is 6.72. The van der Waals surface area contributed by atoms with Crippen LogP contribution < -0.4 is 0 Å². The molecule has 26 heavy (non-hydrogen) atoms. The van der Waals surface area contributed by atoms with Gasteiger partial charge >= 0.3 is 0 Å². The highest BCUT2D eigenvalue weighted by Gasteiger charge is 2.48. The average molecular weight is 360 g/mol. The van der Waals surface area contributed by atoms with Gasteiger partial charge in [0.05, 0.1) is 13.2 Å². The van der Waals surface area contributed by atoms with Gasteiger partial charge in [-0.3, -0.25) is 0 Å². The molecule has 3 aliphatic rings. The van der Waals surface area contributed by atoms with Crippen LogP contribution in [0.5, 0.6) is 0 Å². The number of aliphatic hydroxyl groups is 2. The zero-order chi connectivity index (χ0) is 17.9. The van der Waals surface area contributed by atoms with Gasteiger partial charge in [-0.05, 0) is 12.8 Å². The summed E-state index contributed by atoms with van der Waals surface area (Å²) in [6.45, 7) is -0.0779. The van der Waals surface area contributed by atoms with E-state index >= 15 is 0 Å². The lowest BCUT2D eigenvalue weighted by molar-refractivity contribution is -0.362. The maximum Gasteiger partial charge on any atom is 0.184 e. The highest BCUT2D eigenvalue weighted by Crippen LogP contribution is 2.36. The predicted octanol–water partition coefficient (Wildman–Crippen LogP) is 1.84. The molecular weight excluding hydrogens is 336 g/mol. The third-order valence-electron chi connectivity index (χ3n) is 4.90. The third-order valence-corrected chi connectivity index (χ3v) is 4.90. The number of allylic oxidation sites excluding steroid dienone is 2. The highest BCUT2D eigenvalue weighted by atomic mass is 16.8. The van der Waals surface area contributed by atoms with E-state index in [0.717, 1.165) is 24.0 Å². The minimum atomic E-state index is -1.06. The van der Waals surface area contributed by atoms with E-state index in [-0.39, 0.29) is 6.10 Å². The van der Waals surface area contributed by atoms with Gasteiger partial charge in [-0.25, -0.2) is 0 Å². The van der Waals surface area contributed by atoms with E-state index in [4.69, 9.17) is 18.9 Å². The number of hydrogen-bond acceptors (Lipinski definition) is 6. The van der Waals surface area contributed by atoms with Crippen LogP contribution in [0.4, 0.5) is 0 Å². The number of rotatable bonds is 4. The van der Waals surface area contributed by atoms with Gasteiger partial charge in [0.1, 0.15) is 24.4 Å². The summed E-state index contributed by atoms with van der Waals surface area (Å²) in [6.07, 6.45) is 4.24. The summed E-state index contributed by atoms with van der Waals surface area (Å²) in [7, 11) is 0. The minimum Gasteiger partial charge on any atom is -0.394 e. The Labute approximate surface area is 152 Å². The fourth-order valence-corrected chi connectivity index (χ4v) is 3.53. The lowest BCUT2D eigenvalue weighted by atomic mass is 9.98. The van der Waals surface area contributed by atoms with Crippen LogP contribution in [0.15, 0.2) is 54.1 Å². The van der Waals surface area contributed by atoms with Crippen molar-refractivity contribution in [2.75, 3.05) is 13.2 Å². The number of aliphatic hydroxyl groups excluding tert-OH is 2. The van der Waals surface area contributed by atoms with Gasteiger partial charge in [0.2, 0.25) is 0 Å². The lowest BCUT2D eigenvalue weighted by Gasteiger charge is -2.47. The maximum absolute atomic E-state index is 10.3. The SMILES string of the molecule is OCC(O)C1OC(C2=CCCC=C2)OC2COC(c3ccccc3)OC21. The van der Waals surface area contributed by atoms with Crippen LogP contribution in [0.3, 0.4) is 0 Å². The van der Waals surface area contributed by atoms with Gasteiger partial charge in [0.25, 0.3) is 0 Å². The Bertz CT molecular complexity index is 658. The second kappa shape index (κ2) is 8.00. The number of ether oxygens (including phenoxy) is 4. The number of hydrogen-bond donors (Lipinski definition) is 2. The van der Waals surface area contributed by atoms with Crippen molar-refractivity contribution >= 4 is 0 Å². The van der Waals surface area contributed by atoms with E-state index < -0.39 is 37.5 Å². The van der Waals surface area contributed by atoms with Crippen LogP contribution in [-0.4, -0.2) is 54.1 Å². The largest absolute Gasteiger partial charge is 0.394 e. The van der Waals surface area contributed by atoms with Crippen molar-refractivity contribution in [3.05, 3.63) is 59.7 Å². The van der Waals surface area contributed by atoms with E-state index in [1.807, 2.05) is 36.4 Å². The summed E-state index contributed by atoms with van der Waals surface area (Å²) in [4.78, 5) is 0. The highest BCUT2D eigenvalue weighted by molar-refractivity contribution is 5.25. The monoisotopic (exact) mass is 360 g/mol. The molecule has 6 nitrogen and oxygen atoms in total. The Hall–Kier alpha value is -1.54. The number of fused-ring (bicyclic) bond motifs is 1. The van der Waals surface area contributed by atoms with Gasteiger partial charge in [-0.15, -0.1) is 0 Å². The summed E-state index contributed by atoms with van der Waals surface area (Å²) in [5, 5.41) is 19.8. The molecule has 4 rings (SSSR count). The van der Waals surface area contributed by atoms with Crippen LogP contribution in [-0.2, 0) is 18.9 Å². The Morgan fingerprint density at radius 1 is 1.04 bits per heavy atom. The van der Waals surface area contributed by atoms with Crippen LogP contribution in [0.2, 0.25) is 0 Å². The topological polar surface area (TPSA) is 77.4 Å². The van der Waals surface area contributed by atoms with E-state index in [1.54, 1.807) is 0 Å². The molecule has 6 atom stereocenters. The first-order chi connectivity index (χ1) is 12.8. The molecule has 2 fully saturated rings. The van der Waals surface area contributed by atoms with Gasteiger partial charge in [0, 0.05) is 11.1 Å². The van der Waals surface area contributed by atoms with Crippen molar-refractivity contribution in [1.29, 1.82) is 0 Å². The van der Waals surface area contributed by atoms with Crippen LogP contribution in [0.25, 0.3) is 0 Å². The summed E-state index contributed by atoms with van der Waals surface area (Å²) in [5.41, 5.74) is 1.82. The Morgan fingerprint density at radius 3 is 2.62 bits per heavy atom. The summed E-state index contributed by atoms with van der Waals surface area (Å²) in [5.74, 6) is 0. The zero-order valence-electron chi connectivity index (χ0n) is 14.4. The molecule has 0 amide bonds. The van der Waals surface area contributed by atoms with Crippen molar-refractivity contribution in [3.63, 3.8) is 0 Å². The van der Waals surface area contributed by atoms with Crippen molar-refractivity contribution in [3.8, 4) is 0 Å². The Balaban J connectivity index is 1.54. The molecule has 140 valence electrons. The zero-order valence-corrected chi connectivity index (χ0v) is 14.4. The quantitative estimate of drug-likeness (QED) is 0.853. The van der Waals surface area contributed by atoms with Gasteiger partial charge < -0.3 is 29.2 Å². The molecule has 2 saturated heterocycles. The van der Waals surface area contributed by atoms with E-state index in [2.05, 4.69) is 12.2 Å². The van der Waals surface area contributed by atoms with E-state index in [9.17, 15) is 10.2 Å². The summed E-state index contributed by atoms with van der Waals surface area (Å²) in [6, 6.07) is 9.61. The van der Waals surface area contributed by atoms with Crippen LogP contribution in [0, 0.1) is 0 Å². The lowest BCUT2D eigenvalue weighted by Crippen LogP contribution is -2.60. The first-order valence-corrected chi connectivity index (χ1v) is 9.04. The van der Waals surface area contributed by atoms with Crippen molar-refractivity contribution in [2.45, 2.75) is 49.8 Å². The third kappa shape index (κ3) is 3.62. The fraction of sp³-hybridized carbons (Fsp3) is 0.500. The van der Waals surface area contributed by atoms with Crippen LogP contribution in [0.1, 0.15) is 24.7 Å². The summed E-state index contributed by atoms with van der Waals surface area (Å²) >= 11 is 0.